The highest BCUT2D eigenvalue weighted by molar-refractivity contribution is 7.14. The van der Waals surface area contributed by atoms with Crippen molar-refractivity contribution in [3.63, 3.8) is 0 Å². The summed E-state index contributed by atoms with van der Waals surface area (Å²) < 4.78 is 5.34. The molecule has 0 aliphatic heterocycles. The Labute approximate surface area is 171 Å². The number of nitrogens with one attached hydrogen (secondary N) is 2. The molecule has 150 valence electrons. The van der Waals surface area contributed by atoms with Gasteiger partial charge in [0, 0.05) is 16.6 Å². The lowest BCUT2D eigenvalue weighted by Gasteiger charge is -2.14. The molecule has 2 heterocycles. The van der Waals surface area contributed by atoms with Crippen LogP contribution in [0.1, 0.15) is 51.7 Å². The van der Waals surface area contributed by atoms with Gasteiger partial charge in [0.2, 0.25) is 0 Å². The second-order valence-corrected chi connectivity index (χ2v) is 8.03. The molecule has 1 aliphatic rings. The average molecular weight is 411 g/mol. The molecule has 0 spiro atoms. The second-order valence-electron chi connectivity index (χ2n) is 7.11. The number of aromatic amines is 1. The van der Waals surface area contributed by atoms with E-state index in [0.717, 1.165) is 30.2 Å². The molecule has 1 aliphatic carbocycles. The molecular formula is C21H21N3O4S. The van der Waals surface area contributed by atoms with Gasteiger partial charge in [0.1, 0.15) is 5.00 Å². The molecule has 0 saturated heterocycles. The van der Waals surface area contributed by atoms with Crippen molar-refractivity contribution in [3.8, 4) is 0 Å². The minimum Gasteiger partial charge on any atom is -0.449 e. The van der Waals surface area contributed by atoms with E-state index in [1.807, 2.05) is 12.1 Å². The van der Waals surface area contributed by atoms with Crippen molar-refractivity contribution in [2.75, 3.05) is 5.32 Å². The SMILES string of the molecule is CC(OC(=O)c1ccc2[nH]c3c(c2c1)CCCC3)C(=O)Nc1sccc1C(N)=O. The Hall–Kier alpha value is -3.13. The number of esters is 1. The third kappa shape index (κ3) is 3.75. The first kappa shape index (κ1) is 19.2. The zero-order chi connectivity index (χ0) is 20.5. The number of hydrogen-bond acceptors (Lipinski definition) is 5. The maximum absolute atomic E-state index is 12.6. The van der Waals surface area contributed by atoms with Crippen LogP contribution in [0.4, 0.5) is 5.00 Å². The number of carbonyl (C=O) groups is 3. The number of fused-ring (bicyclic) bond motifs is 3. The molecule has 4 N–H and O–H groups in total. The van der Waals surface area contributed by atoms with Gasteiger partial charge in [-0.15, -0.1) is 11.3 Å². The number of H-pyrrole nitrogens is 1. The van der Waals surface area contributed by atoms with Crippen LogP contribution in [-0.2, 0) is 22.4 Å². The van der Waals surface area contributed by atoms with Crippen molar-refractivity contribution in [1.29, 1.82) is 0 Å². The lowest BCUT2D eigenvalue weighted by Crippen LogP contribution is -2.30. The smallest absolute Gasteiger partial charge is 0.338 e. The topological polar surface area (TPSA) is 114 Å². The zero-order valence-corrected chi connectivity index (χ0v) is 16.7. The van der Waals surface area contributed by atoms with Gasteiger partial charge in [-0.3, -0.25) is 9.59 Å². The molecule has 0 radical (unpaired) electrons. The van der Waals surface area contributed by atoms with Crippen LogP contribution in [0.3, 0.4) is 0 Å². The summed E-state index contributed by atoms with van der Waals surface area (Å²) in [5.41, 5.74) is 9.43. The molecule has 1 atom stereocenters. The van der Waals surface area contributed by atoms with Gasteiger partial charge in [0.25, 0.3) is 11.8 Å². The first-order valence-electron chi connectivity index (χ1n) is 9.46. The molecule has 8 heteroatoms. The second kappa shape index (κ2) is 7.71. The Morgan fingerprint density at radius 3 is 2.79 bits per heavy atom. The van der Waals surface area contributed by atoms with Gasteiger partial charge >= 0.3 is 5.97 Å². The summed E-state index contributed by atoms with van der Waals surface area (Å²) >= 11 is 1.18. The number of carbonyl (C=O) groups excluding carboxylic acids is 3. The molecule has 0 saturated carbocycles. The average Bonchev–Trinajstić information content (AvgIpc) is 3.31. The van der Waals surface area contributed by atoms with Crippen LogP contribution < -0.4 is 11.1 Å². The maximum Gasteiger partial charge on any atom is 0.338 e. The van der Waals surface area contributed by atoms with Crippen molar-refractivity contribution < 1.29 is 19.1 Å². The van der Waals surface area contributed by atoms with E-state index < -0.39 is 23.9 Å². The molecular weight excluding hydrogens is 390 g/mol. The predicted molar refractivity (Wildman–Crippen MR) is 111 cm³/mol. The quantitative estimate of drug-likeness (QED) is 0.558. The van der Waals surface area contributed by atoms with E-state index in [1.54, 1.807) is 11.4 Å². The number of aryl methyl sites for hydroxylation is 2. The van der Waals surface area contributed by atoms with E-state index in [1.165, 1.54) is 42.0 Å². The number of amides is 2. The molecule has 4 rings (SSSR count). The number of benzene rings is 1. The molecule has 29 heavy (non-hydrogen) atoms. The van der Waals surface area contributed by atoms with Crippen LogP contribution in [0.25, 0.3) is 10.9 Å². The Bertz CT molecular complexity index is 1110. The largest absolute Gasteiger partial charge is 0.449 e. The molecule has 0 bridgehead atoms. The van der Waals surface area contributed by atoms with Crippen LogP contribution in [-0.4, -0.2) is 28.9 Å². The third-order valence-electron chi connectivity index (χ3n) is 5.15. The summed E-state index contributed by atoms with van der Waals surface area (Å²) in [6.07, 6.45) is 3.30. The van der Waals surface area contributed by atoms with Crippen LogP contribution in [0, 0.1) is 0 Å². The van der Waals surface area contributed by atoms with Crippen LogP contribution in [0.15, 0.2) is 29.6 Å². The van der Waals surface area contributed by atoms with Crippen LogP contribution in [0.5, 0.6) is 0 Å². The van der Waals surface area contributed by atoms with Crippen LogP contribution >= 0.6 is 11.3 Å². The summed E-state index contributed by atoms with van der Waals surface area (Å²) in [4.78, 5) is 39.8. The Morgan fingerprint density at radius 1 is 1.21 bits per heavy atom. The first-order chi connectivity index (χ1) is 13.9. The number of anilines is 1. The van der Waals surface area contributed by atoms with Gasteiger partial charge in [-0.25, -0.2) is 4.79 Å². The zero-order valence-electron chi connectivity index (χ0n) is 15.9. The number of rotatable bonds is 5. The molecule has 2 amide bonds. The molecule has 0 fully saturated rings. The molecule has 7 nitrogen and oxygen atoms in total. The van der Waals surface area contributed by atoms with E-state index in [9.17, 15) is 14.4 Å². The highest BCUT2D eigenvalue weighted by Crippen LogP contribution is 2.30. The number of primary amides is 1. The summed E-state index contributed by atoms with van der Waals surface area (Å²) in [6.45, 7) is 1.49. The van der Waals surface area contributed by atoms with Crippen molar-refractivity contribution in [3.05, 3.63) is 52.0 Å². The van der Waals surface area contributed by atoms with Crippen molar-refractivity contribution in [2.45, 2.75) is 38.7 Å². The molecule has 2 aromatic heterocycles. The number of nitrogens with two attached hydrogens (primary N) is 1. The van der Waals surface area contributed by atoms with E-state index >= 15 is 0 Å². The monoisotopic (exact) mass is 411 g/mol. The van der Waals surface area contributed by atoms with Gasteiger partial charge in [-0.05, 0) is 67.8 Å². The number of thiophene rings is 1. The third-order valence-corrected chi connectivity index (χ3v) is 5.98. The van der Waals surface area contributed by atoms with Gasteiger partial charge in [0.15, 0.2) is 6.10 Å². The van der Waals surface area contributed by atoms with Gasteiger partial charge in [-0.1, -0.05) is 0 Å². The van der Waals surface area contributed by atoms with Gasteiger partial charge in [-0.2, -0.15) is 0 Å². The lowest BCUT2D eigenvalue weighted by atomic mass is 9.95. The minimum atomic E-state index is -1.03. The lowest BCUT2D eigenvalue weighted by molar-refractivity contribution is -0.123. The van der Waals surface area contributed by atoms with Gasteiger partial charge in [0.05, 0.1) is 11.1 Å². The van der Waals surface area contributed by atoms with Gasteiger partial charge < -0.3 is 20.8 Å². The van der Waals surface area contributed by atoms with E-state index in [0.29, 0.717) is 10.6 Å². The standard InChI is InChI=1S/C21H21N3O4S/c1-11(19(26)24-20-14(18(22)25)8-9-29-20)28-21(27)12-6-7-17-15(10-12)13-4-2-3-5-16(13)23-17/h6-11,23H,2-5H2,1H3,(H2,22,25)(H,24,26). The molecule has 1 aromatic carbocycles. The summed E-state index contributed by atoms with van der Waals surface area (Å²) in [5, 5.41) is 5.62. The first-order valence-corrected chi connectivity index (χ1v) is 10.3. The highest BCUT2D eigenvalue weighted by Gasteiger charge is 2.22. The van der Waals surface area contributed by atoms with E-state index in [4.69, 9.17) is 10.5 Å². The maximum atomic E-state index is 12.6. The number of hydrogen-bond donors (Lipinski definition) is 3. The summed E-state index contributed by atoms with van der Waals surface area (Å²) in [5.74, 6) is -1.72. The van der Waals surface area contributed by atoms with Crippen molar-refractivity contribution >= 4 is 45.0 Å². The number of aromatic nitrogens is 1. The summed E-state index contributed by atoms with van der Waals surface area (Å²) in [7, 11) is 0. The Balaban J connectivity index is 1.47. The Kier molecular flexibility index (Phi) is 5.10. The Morgan fingerprint density at radius 2 is 2.00 bits per heavy atom. The van der Waals surface area contributed by atoms with Crippen molar-refractivity contribution in [1.82, 2.24) is 4.98 Å². The predicted octanol–water partition coefficient (Wildman–Crippen LogP) is 3.39. The minimum absolute atomic E-state index is 0.226. The fraction of sp³-hybridized carbons (Fsp3) is 0.286. The molecule has 3 aromatic rings. The normalized spacial score (nSPS) is 14.2. The fourth-order valence-electron chi connectivity index (χ4n) is 3.63. The van der Waals surface area contributed by atoms with E-state index in [-0.39, 0.29) is 5.56 Å². The summed E-state index contributed by atoms with van der Waals surface area (Å²) in [6, 6.07) is 6.93. The van der Waals surface area contributed by atoms with Crippen molar-refractivity contribution in [2.24, 2.45) is 5.73 Å². The highest BCUT2D eigenvalue weighted by atomic mass is 32.1. The molecule has 1 unspecified atom stereocenters. The fourth-order valence-corrected chi connectivity index (χ4v) is 4.42. The van der Waals surface area contributed by atoms with E-state index in [2.05, 4.69) is 10.3 Å². The van der Waals surface area contributed by atoms with Crippen LogP contribution in [0.2, 0.25) is 0 Å². The number of ether oxygens (including phenoxy) is 1.